The number of carbonyl (C=O) groups is 2. The minimum absolute atomic E-state index is 0.0959. The van der Waals surface area contributed by atoms with E-state index in [1.54, 1.807) is 6.08 Å². The molecule has 0 unspecified atom stereocenters. The monoisotopic (exact) mass is 345 g/mol. The topological polar surface area (TPSA) is 84.9 Å². The lowest BCUT2D eigenvalue weighted by Gasteiger charge is -2.34. The van der Waals surface area contributed by atoms with E-state index in [0.29, 0.717) is 36.5 Å². The minimum atomic E-state index is -1.16. The van der Waals surface area contributed by atoms with E-state index >= 15 is 0 Å². The Kier molecular flexibility index (Phi) is 4.97. The number of para-hydroxylation sites is 1. The predicted molar refractivity (Wildman–Crippen MR) is 92.7 cm³/mol. The molecule has 1 aliphatic carbocycles. The van der Waals surface area contributed by atoms with Gasteiger partial charge in [-0.3, -0.25) is 4.79 Å². The molecule has 2 N–H and O–H groups in total. The molecule has 0 spiro atoms. The normalized spacial score (nSPS) is 18.4. The molecular weight excluding hydrogens is 322 g/mol. The van der Waals surface area contributed by atoms with E-state index in [4.69, 9.17) is 9.47 Å². The number of nitrogens with one attached hydrogen (secondary N) is 1. The van der Waals surface area contributed by atoms with Crippen LogP contribution in [0.15, 0.2) is 23.8 Å². The fourth-order valence-corrected chi connectivity index (χ4v) is 3.43. The standard InChI is InChI=1S/C19H23NO5/c1-2-24-15-8-6-7-13-11-14(12-25-16(13)15)17(21)20-19(18(22)23)9-4-3-5-10-19/h6-8,11H,2-5,9-10,12H2,1H3,(H,20,21)(H,22,23). The Morgan fingerprint density at radius 3 is 2.72 bits per heavy atom. The zero-order chi connectivity index (χ0) is 17.9. The number of aliphatic carboxylic acids is 1. The average Bonchev–Trinajstić information content (AvgIpc) is 2.62. The molecule has 1 amide bonds. The summed E-state index contributed by atoms with van der Waals surface area (Å²) in [5.74, 6) is -0.0785. The molecular formula is C19H23NO5. The highest BCUT2D eigenvalue weighted by molar-refractivity contribution is 6.01. The van der Waals surface area contributed by atoms with Gasteiger partial charge in [0.2, 0.25) is 0 Å². The largest absolute Gasteiger partial charge is 0.490 e. The van der Waals surface area contributed by atoms with Gasteiger partial charge in [0, 0.05) is 5.56 Å². The van der Waals surface area contributed by atoms with Crippen molar-refractivity contribution >= 4 is 18.0 Å². The molecule has 1 aromatic carbocycles. The third-order valence-corrected chi connectivity index (χ3v) is 4.77. The number of carboxylic acid groups (broad SMARTS) is 1. The maximum atomic E-state index is 12.6. The van der Waals surface area contributed by atoms with Crippen molar-refractivity contribution in [1.29, 1.82) is 0 Å². The van der Waals surface area contributed by atoms with Crippen molar-refractivity contribution in [3.63, 3.8) is 0 Å². The van der Waals surface area contributed by atoms with Crippen molar-refractivity contribution in [3.8, 4) is 11.5 Å². The molecule has 134 valence electrons. The fraction of sp³-hybridized carbons (Fsp3) is 0.474. The number of carboxylic acids is 1. The van der Waals surface area contributed by atoms with Gasteiger partial charge in [-0.2, -0.15) is 0 Å². The highest BCUT2D eigenvalue weighted by Crippen LogP contribution is 2.36. The number of fused-ring (bicyclic) bond motifs is 1. The number of hydrogen-bond acceptors (Lipinski definition) is 4. The van der Waals surface area contributed by atoms with Crippen molar-refractivity contribution in [2.45, 2.75) is 44.6 Å². The van der Waals surface area contributed by atoms with E-state index in [9.17, 15) is 14.7 Å². The number of ether oxygens (including phenoxy) is 2. The summed E-state index contributed by atoms with van der Waals surface area (Å²) in [7, 11) is 0. The van der Waals surface area contributed by atoms with E-state index in [-0.39, 0.29) is 12.5 Å². The summed E-state index contributed by atoms with van der Waals surface area (Å²) in [5, 5.41) is 12.4. The predicted octanol–water partition coefficient (Wildman–Crippen LogP) is 2.76. The van der Waals surface area contributed by atoms with Gasteiger partial charge < -0.3 is 19.9 Å². The lowest BCUT2D eigenvalue weighted by molar-refractivity contribution is -0.148. The summed E-state index contributed by atoms with van der Waals surface area (Å²) < 4.78 is 11.3. The first kappa shape index (κ1) is 17.3. The molecule has 0 atom stereocenters. The first-order valence-corrected chi connectivity index (χ1v) is 8.71. The van der Waals surface area contributed by atoms with E-state index in [1.807, 2.05) is 25.1 Å². The van der Waals surface area contributed by atoms with Crippen molar-refractivity contribution in [2.75, 3.05) is 13.2 Å². The highest BCUT2D eigenvalue weighted by atomic mass is 16.5. The Labute approximate surface area is 146 Å². The van der Waals surface area contributed by atoms with E-state index < -0.39 is 11.5 Å². The molecule has 1 aliphatic heterocycles. The van der Waals surface area contributed by atoms with Gasteiger partial charge in [-0.25, -0.2) is 4.79 Å². The lowest BCUT2D eigenvalue weighted by Crippen LogP contribution is -2.56. The van der Waals surface area contributed by atoms with Gasteiger partial charge in [0.25, 0.3) is 5.91 Å². The van der Waals surface area contributed by atoms with E-state index in [2.05, 4.69) is 5.32 Å². The highest BCUT2D eigenvalue weighted by Gasteiger charge is 2.41. The number of hydrogen-bond donors (Lipinski definition) is 2. The number of rotatable bonds is 5. The van der Waals surface area contributed by atoms with Crippen LogP contribution >= 0.6 is 0 Å². The van der Waals surface area contributed by atoms with Crippen molar-refractivity contribution < 1.29 is 24.2 Å². The summed E-state index contributed by atoms with van der Waals surface area (Å²) >= 11 is 0. The summed E-state index contributed by atoms with van der Waals surface area (Å²) in [5.41, 5.74) is 0.0200. The van der Waals surface area contributed by atoms with Gasteiger partial charge in [0.05, 0.1) is 12.2 Å². The number of amides is 1. The molecule has 6 nitrogen and oxygen atoms in total. The smallest absolute Gasteiger partial charge is 0.329 e. The maximum Gasteiger partial charge on any atom is 0.329 e. The van der Waals surface area contributed by atoms with Crippen LogP contribution in [0.1, 0.15) is 44.6 Å². The SMILES string of the molecule is CCOc1cccc2c1OCC(C(=O)NC1(C(=O)O)CCCCC1)=C2. The fourth-order valence-electron chi connectivity index (χ4n) is 3.43. The van der Waals surface area contributed by atoms with Gasteiger partial charge in [-0.1, -0.05) is 31.4 Å². The van der Waals surface area contributed by atoms with Crippen molar-refractivity contribution in [2.24, 2.45) is 0 Å². The molecule has 0 bridgehead atoms. The quantitative estimate of drug-likeness (QED) is 0.857. The van der Waals surface area contributed by atoms with Gasteiger partial charge >= 0.3 is 5.97 Å². The Balaban J connectivity index is 1.81. The molecule has 6 heteroatoms. The molecule has 3 rings (SSSR count). The average molecular weight is 345 g/mol. The van der Waals surface area contributed by atoms with Crippen LogP contribution < -0.4 is 14.8 Å². The van der Waals surface area contributed by atoms with Crippen LogP contribution in [0.25, 0.3) is 6.08 Å². The Bertz CT molecular complexity index is 704. The van der Waals surface area contributed by atoms with Gasteiger partial charge in [0.1, 0.15) is 12.1 Å². The van der Waals surface area contributed by atoms with Crippen LogP contribution in [0, 0.1) is 0 Å². The summed E-state index contributed by atoms with van der Waals surface area (Å²) in [4.78, 5) is 24.4. The van der Waals surface area contributed by atoms with Gasteiger partial charge in [-0.05, 0) is 31.9 Å². The Hall–Kier alpha value is -2.50. The second kappa shape index (κ2) is 7.17. The second-order valence-corrected chi connectivity index (χ2v) is 6.47. The first-order valence-electron chi connectivity index (χ1n) is 8.71. The third-order valence-electron chi connectivity index (χ3n) is 4.77. The second-order valence-electron chi connectivity index (χ2n) is 6.47. The van der Waals surface area contributed by atoms with Crippen LogP contribution in [-0.4, -0.2) is 35.7 Å². The van der Waals surface area contributed by atoms with Crippen LogP contribution in [-0.2, 0) is 9.59 Å². The van der Waals surface area contributed by atoms with Crippen LogP contribution in [0.2, 0.25) is 0 Å². The summed E-state index contributed by atoms with van der Waals surface area (Å²) in [6.45, 7) is 2.52. The maximum absolute atomic E-state index is 12.6. The molecule has 0 radical (unpaired) electrons. The van der Waals surface area contributed by atoms with E-state index in [1.165, 1.54) is 0 Å². The van der Waals surface area contributed by atoms with Crippen LogP contribution in [0.4, 0.5) is 0 Å². The van der Waals surface area contributed by atoms with Gasteiger partial charge in [0.15, 0.2) is 11.5 Å². The van der Waals surface area contributed by atoms with Crippen molar-refractivity contribution in [3.05, 3.63) is 29.3 Å². The molecule has 2 aliphatic rings. The minimum Gasteiger partial charge on any atom is -0.490 e. The zero-order valence-electron chi connectivity index (χ0n) is 14.3. The third kappa shape index (κ3) is 3.48. The molecule has 1 heterocycles. The molecule has 1 aromatic rings. The van der Waals surface area contributed by atoms with Crippen molar-refractivity contribution in [1.82, 2.24) is 5.32 Å². The Morgan fingerprint density at radius 1 is 1.28 bits per heavy atom. The summed E-state index contributed by atoms with van der Waals surface area (Å²) in [6.07, 6.45) is 5.30. The number of benzene rings is 1. The number of carbonyl (C=O) groups excluding carboxylic acids is 1. The van der Waals surface area contributed by atoms with Gasteiger partial charge in [-0.15, -0.1) is 0 Å². The molecule has 25 heavy (non-hydrogen) atoms. The lowest BCUT2D eigenvalue weighted by atomic mass is 9.81. The molecule has 0 aromatic heterocycles. The molecule has 1 fully saturated rings. The van der Waals surface area contributed by atoms with Crippen LogP contribution in [0.5, 0.6) is 11.5 Å². The molecule has 1 saturated carbocycles. The first-order chi connectivity index (χ1) is 12.1. The van der Waals surface area contributed by atoms with Crippen LogP contribution in [0.3, 0.4) is 0 Å². The van der Waals surface area contributed by atoms with E-state index in [0.717, 1.165) is 24.8 Å². The summed E-state index contributed by atoms with van der Waals surface area (Å²) in [6, 6.07) is 5.50. The molecule has 0 saturated heterocycles. The Morgan fingerprint density at radius 2 is 2.04 bits per heavy atom. The zero-order valence-corrected chi connectivity index (χ0v) is 14.3.